The van der Waals surface area contributed by atoms with E-state index in [4.69, 9.17) is 18.0 Å². The number of halogens is 3. The van der Waals surface area contributed by atoms with Crippen molar-refractivity contribution in [1.82, 2.24) is 4.98 Å². The van der Waals surface area contributed by atoms with E-state index in [2.05, 4.69) is 10.3 Å². The van der Waals surface area contributed by atoms with Crippen LogP contribution in [0, 0.1) is 0 Å². The Labute approximate surface area is 125 Å². The Balaban J connectivity index is 3.15. The zero-order valence-corrected chi connectivity index (χ0v) is 12.8. The molecule has 1 atom stereocenters. The Hall–Kier alpha value is -1.02. The molecular formula is C12H16F3N3S2. The molecule has 3 nitrogen and oxygen atoms in total. The monoisotopic (exact) mass is 323 g/mol. The van der Waals surface area contributed by atoms with Gasteiger partial charge in [0.15, 0.2) is 0 Å². The second-order valence-electron chi connectivity index (χ2n) is 4.16. The molecule has 0 fully saturated rings. The van der Waals surface area contributed by atoms with Gasteiger partial charge in [-0.1, -0.05) is 19.1 Å². The minimum atomic E-state index is -4.49. The third-order valence-electron chi connectivity index (χ3n) is 2.65. The van der Waals surface area contributed by atoms with Crippen LogP contribution in [-0.4, -0.2) is 28.0 Å². The Morgan fingerprint density at radius 1 is 1.50 bits per heavy atom. The van der Waals surface area contributed by atoms with Crippen LogP contribution in [0.1, 0.15) is 24.6 Å². The number of thioether (sulfide) groups is 1. The fourth-order valence-corrected chi connectivity index (χ4v) is 2.47. The van der Waals surface area contributed by atoms with Crippen LogP contribution >= 0.6 is 24.0 Å². The lowest BCUT2D eigenvalue weighted by Crippen LogP contribution is -2.25. The highest BCUT2D eigenvalue weighted by Crippen LogP contribution is 2.29. The van der Waals surface area contributed by atoms with E-state index in [1.54, 1.807) is 11.8 Å². The molecule has 1 heterocycles. The van der Waals surface area contributed by atoms with Gasteiger partial charge in [-0.25, -0.2) is 4.98 Å². The van der Waals surface area contributed by atoms with E-state index in [0.29, 0.717) is 5.56 Å². The molecule has 8 heteroatoms. The van der Waals surface area contributed by atoms with Crippen LogP contribution in [-0.2, 0) is 6.18 Å². The number of nitrogens with one attached hydrogen (secondary N) is 1. The number of rotatable bonds is 6. The van der Waals surface area contributed by atoms with Gasteiger partial charge in [0, 0.05) is 11.8 Å². The summed E-state index contributed by atoms with van der Waals surface area (Å²) >= 11 is 6.45. The summed E-state index contributed by atoms with van der Waals surface area (Å²) in [5.41, 5.74) is 4.90. The molecule has 0 aromatic carbocycles. The van der Waals surface area contributed by atoms with Gasteiger partial charge in [-0.2, -0.15) is 24.9 Å². The average molecular weight is 323 g/mol. The van der Waals surface area contributed by atoms with Crippen molar-refractivity contribution in [2.45, 2.75) is 25.6 Å². The van der Waals surface area contributed by atoms with Crippen molar-refractivity contribution in [2.24, 2.45) is 5.73 Å². The van der Waals surface area contributed by atoms with Gasteiger partial charge in [0.2, 0.25) is 0 Å². The third kappa shape index (κ3) is 4.52. The molecule has 0 saturated carbocycles. The van der Waals surface area contributed by atoms with Crippen molar-refractivity contribution < 1.29 is 13.2 Å². The van der Waals surface area contributed by atoms with Crippen LogP contribution in [0.3, 0.4) is 0 Å². The summed E-state index contributed by atoms with van der Waals surface area (Å²) in [6.07, 6.45) is -1.81. The fourth-order valence-electron chi connectivity index (χ4n) is 1.58. The van der Waals surface area contributed by atoms with Gasteiger partial charge in [-0.05, 0) is 24.8 Å². The average Bonchev–Trinajstić information content (AvgIpc) is 2.36. The SMILES string of the molecule is CCC(CSC)Nc1nc(C(F)(F)F)ccc1C(N)=S. The van der Waals surface area contributed by atoms with Gasteiger partial charge >= 0.3 is 6.18 Å². The van der Waals surface area contributed by atoms with E-state index in [0.717, 1.165) is 18.2 Å². The van der Waals surface area contributed by atoms with Gasteiger partial charge in [0.1, 0.15) is 16.5 Å². The Bertz CT molecular complexity index is 478. The molecule has 112 valence electrons. The lowest BCUT2D eigenvalue weighted by atomic mass is 10.2. The first-order valence-corrected chi connectivity index (χ1v) is 7.73. The summed E-state index contributed by atoms with van der Waals surface area (Å²) in [6.45, 7) is 1.95. The maximum Gasteiger partial charge on any atom is 0.433 e. The van der Waals surface area contributed by atoms with E-state index < -0.39 is 11.9 Å². The first kappa shape index (κ1) is 17.0. The van der Waals surface area contributed by atoms with Gasteiger partial charge in [-0.15, -0.1) is 0 Å². The summed E-state index contributed by atoms with van der Waals surface area (Å²) in [5, 5.41) is 2.99. The Kier molecular flexibility index (Phi) is 6.07. The highest BCUT2D eigenvalue weighted by atomic mass is 32.2. The van der Waals surface area contributed by atoms with Crippen molar-refractivity contribution >= 4 is 34.8 Å². The van der Waals surface area contributed by atoms with E-state index in [-0.39, 0.29) is 16.8 Å². The number of alkyl halides is 3. The van der Waals surface area contributed by atoms with Gasteiger partial charge in [-0.3, -0.25) is 0 Å². The minimum absolute atomic E-state index is 0.00841. The van der Waals surface area contributed by atoms with Crippen LogP contribution in [0.25, 0.3) is 0 Å². The van der Waals surface area contributed by atoms with E-state index in [1.807, 2.05) is 13.2 Å². The van der Waals surface area contributed by atoms with E-state index in [9.17, 15) is 13.2 Å². The summed E-state index contributed by atoms with van der Waals surface area (Å²) < 4.78 is 38.1. The van der Waals surface area contributed by atoms with Crippen molar-refractivity contribution in [3.8, 4) is 0 Å². The van der Waals surface area contributed by atoms with Crippen LogP contribution < -0.4 is 11.1 Å². The number of anilines is 1. The number of pyridine rings is 1. The zero-order valence-electron chi connectivity index (χ0n) is 11.1. The number of aromatic nitrogens is 1. The van der Waals surface area contributed by atoms with Crippen molar-refractivity contribution in [1.29, 1.82) is 0 Å². The predicted octanol–water partition coefficient (Wildman–Crippen LogP) is 3.29. The van der Waals surface area contributed by atoms with Crippen molar-refractivity contribution in [2.75, 3.05) is 17.3 Å². The minimum Gasteiger partial charge on any atom is -0.389 e. The van der Waals surface area contributed by atoms with Gasteiger partial charge in [0.25, 0.3) is 0 Å². The molecule has 0 aliphatic carbocycles. The highest BCUT2D eigenvalue weighted by molar-refractivity contribution is 7.98. The molecule has 1 aromatic rings. The molecule has 0 amide bonds. The summed E-state index contributed by atoms with van der Waals surface area (Å²) in [4.78, 5) is 3.64. The Morgan fingerprint density at radius 2 is 2.15 bits per heavy atom. The quantitative estimate of drug-likeness (QED) is 0.787. The number of hydrogen-bond acceptors (Lipinski definition) is 4. The third-order valence-corrected chi connectivity index (χ3v) is 3.61. The first-order chi connectivity index (χ1) is 9.29. The molecule has 1 rings (SSSR count). The van der Waals surface area contributed by atoms with Crippen LogP contribution in [0.2, 0.25) is 0 Å². The fraction of sp³-hybridized carbons (Fsp3) is 0.500. The Morgan fingerprint density at radius 3 is 2.60 bits per heavy atom. The smallest absolute Gasteiger partial charge is 0.389 e. The molecule has 1 aromatic heterocycles. The van der Waals surface area contributed by atoms with E-state index in [1.165, 1.54) is 6.07 Å². The van der Waals surface area contributed by atoms with Crippen LogP contribution in [0.5, 0.6) is 0 Å². The number of nitrogens with two attached hydrogens (primary N) is 1. The lowest BCUT2D eigenvalue weighted by molar-refractivity contribution is -0.141. The molecular weight excluding hydrogens is 307 g/mol. The topological polar surface area (TPSA) is 50.9 Å². The standard InChI is InChI=1S/C12H16F3N3S2/c1-3-7(6-20-2)17-11-8(10(16)19)4-5-9(18-11)12(13,14)15/h4-5,7H,3,6H2,1-2H3,(H2,16,19)(H,17,18). The second-order valence-corrected chi connectivity index (χ2v) is 5.51. The van der Waals surface area contributed by atoms with Crippen LogP contribution in [0.15, 0.2) is 12.1 Å². The normalized spacial score (nSPS) is 13.1. The van der Waals surface area contributed by atoms with Crippen molar-refractivity contribution in [3.05, 3.63) is 23.4 Å². The molecule has 1 unspecified atom stereocenters. The van der Waals surface area contributed by atoms with Crippen LogP contribution in [0.4, 0.5) is 19.0 Å². The summed E-state index contributed by atoms with van der Waals surface area (Å²) in [5.74, 6) is 0.846. The number of thiocarbonyl (C=S) groups is 1. The molecule has 0 bridgehead atoms. The molecule has 20 heavy (non-hydrogen) atoms. The first-order valence-electron chi connectivity index (χ1n) is 5.93. The molecule has 3 N–H and O–H groups in total. The summed E-state index contributed by atoms with van der Waals surface area (Å²) in [7, 11) is 0. The molecule has 0 aliphatic heterocycles. The molecule has 0 spiro atoms. The largest absolute Gasteiger partial charge is 0.433 e. The second kappa shape index (κ2) is 7.12. The summed E-state index contributed by atoms with van der Waals surface area (Å²) in [6, 6.07) is 2.15. The lowest BCUT2D eigenvalue weighted by Gasteiger charge is -2.19. The number of hydrogen-bond donors (Lipinski definition) is 2. The predicted molar refractivity (Wildman–Crippen MR) is 81.2 cm³/mol. The highest BCUT2D eigenvalue weighted by Gasteiger charge is 2.33. The number of nitrogens with zero attached hydrogens (tertiary/aromatic N) is 1. The zero-order chi connectivity index (χ0) is 15.3. The van der Waals surface area contributed by atoms with Crippen molar-refractivity contribution in [3.63, 3.8) is 0 Å². The maximum absolute atomic E-state index is 12.7. The molecule has 0 aliphatic rings. The molecule has 0 radical (unpaired) electrons. The molecule has 0 saturated heterocycles. The van der Waals surface area contributed by atoms with Gasteiger partial charge < -0.3 is 11.1 Å². The van der Waals surface area contributed by atoms with E-state index >= 15 is 0 Å². The maximum atomic E-state index is 12.7. The van der Waals surface area contributed by atoms with Gasteiger partial charge in [0.05, 0.1) is 5.56 Å².